The number of halogens is 4. The molecule has 0 spiro atoms. The van der Waals surface area contributed by atoms with Crippen molar-refractivity contribution < 1.29 is 26.8 Å². The molecule has 1 aromatic heterocycles. The lowest BCUT2D eigenvalue weighted by Gasteiger charge is -2.42. The van der Waals surface area contributed by atoms with Crippen molar-refractivity contribution in [3.05, 3.63) is 52.5 Å². The first-order valence-corrected chi connectivity index (χ1v) is 8.95. The summed E-state index contributed by atoms with van der Waals surface area (Å²) in [6.45, 7) is 5.09. The Morgan fingerprint density at radius 2 is 1.90 bits per heavy atom. The molecule has 0 saturated heterocycles. The fraction of sp³-hybridized carbons (Fsp3) is 0.450. The van der Waals surface area contributed by atoms with Gasteiger partial charge in [0.15, 0.2) is 22.9 Å². The molecule has 0 saturated carbocycles. The molecule has 1 aliphatic heterocycles. The maximum atomic E-state index is 14.8. The van der Waals surface area contributed by atoms with Crippen molar-refractivity contribution in [1.82, 2.24) is 4.98 Å². The number of ketones is 1. The predicted octanol–water partition coefficient (Wildman–Crippen LogP) is 4.20. The summed E-state index contributed by atoms with van der Waals surface area (Å²) >= 11 is 0. The molecule has 0 bridgehead atoms. The van der Waals surface area contributed by atoms with Crippen molar-refractivity contribution in [3.63, 3.8) is 0 Å². The number of aryl methyl sites for hydroxylation is 2. The maximum Gasteiger partial charge on any atom is 0.280 e. The second kappa shape index (κ2) is 6.67. The van der Waals surface area contributed by atoms with Crippen LogP contribution in [0.25, 0.3) is 0 Å². The van der Waals surface area contributed by atoms with Crippen LogP contribution in [0.15, 0.2) is 27.6 Å². The van der Waals surface area contributed by atoms with Gasteiger partial charge in [0, 0.05) is 18.9 Å². The normalized spacial score (nSPS) is 26.3. The zero-order valence-electron chi connectivity index (χ0n) is 16.4. The third-order valence-electron chi connectivity index (χ3n) is 5.23. The van der Waals surface area contributed by atoms with Crippen molar-refractivity contribution in [1.29, 1.82) is 0 Å². The number of nitrogens with zero attached hydrogens (tertiary/aromatic N) is 2. The highest BCUT2D eigenvalue weighted by Gasteiger charge is 2.60. The second-order valence-electron chi connectivity index (χ2n) is 7.70. The van der Waals surface area contributed by atoms with Gasteiger partial charge in [0.2, 0.25) is 0 Å². The molecule has 156 valence electrons. The van der Waals surface area contributed by atoms with E-state index in [2.05, 4.69) is 9.98 Å². The number of hydrogen-bond acceptors (Lipinski definition) is 5. The Hall–Kier alpha value is -2.71. The fourth-order valence-electron chi connectivity index (χ4n) is 3.49. The third kappa shape index (κ3) is 3.54. The van der Waals surface area contributed by atoms with Crippen LogP contribution in [-0.4, -0.2) is 28.2 Å². The van der Waals surface area contributed by atoms with Gasteiger partial charge < -0.3 is 10.2 Å². The molecule has 5 nitrogen and oxygen atoms in total. The van der Waals surface area contributed by atoms with Crippen molar-refractivity contribution in [2.45, 2.75) is 57.7 Å². The van der Waals surface area contributed by atoms with Gasteiger partial charge in [0.1, 0.15) is 23.1 Å². The summed E-state index contributed by atoms with van der Waals surface area (Å²) in [4.78, 5) is 20.2. The minimum absolute atomic E-state index is 0.123. The monoisotopic (exact) mass is 411 g/mol. The average molecular weight is 411 g/mol. The predicted molar refractivity (Wildman–Crippen MR) is 98.5 cm³/mol. The van der Waals surface area contributed by atoms with E-state index in [1.807, 2.05) is 0 Å². The molecular weight excluding hydrogens is 390 g/mol. The number of carbonyl (C=O) groups excluding carboxylic acids is 1. The molecule has 2 N–H and O–H groups in total. The van der Waals surface area contributed by atoms with E-state index in [0.717, 1.165) is 26.0 Å². The second-order valence-corrected chi connectivity index (χ2v) is 7.70. The summed E-state index contributed by atoms with van der Waals surface area (Å²) in [5.74, 6) is -5.03. The third-order valence-corrected chi connectivity index (χ3v) is 5.23. The summed E-state index contributed by atoms with van der Waals surface area (Å²) in [5, 5.41) is 0. The average Bonchev–Trinajstić information content (AvgIpc) is 2.92. The summed E-state index contributed by atoms with van der Waals surface area (Å²) < 4.78 is 63.8. The Balaban J connectivity index is 2.02. The number of oxazole rings is 1. The highest BCUT2D eigenvalue weighted by molar-refractivity contribution is 5.96. The molecule has 0 aliphatic carbocycles. The molecular formula is C20H21F4N3O2. The fourth-order valence-corrected chi connectivity index (χ4v) is 3.49. The Morgan fingerprint density at radius 1 is 1.24 bits per heavy atom. The van der Waals surface area contributed by atoms with Gasteiger partial charge in [0.05, 0.1) is 6.42 Å². The van der Waals surface area contributed by atoms with Crippen LogP contribution in [0, 0.1) is 19.7 Å². The molecule has 9 heteroatoms. The van der Waals surface area contributed by atoms with E-state index in [1.165, 1.54) is 6.07 Å². The standard InChI is InChI=1S/C20H21F4N3O2/c1-10-16(26-11(2)29-10)15(28)8-12-5-6-14(21)13(7-12)19(4)20(23,24)9-18(3,22)17(25)27-19/h5-7H,8-9H2,1-4H3,(H2,25,27)/t18-,19+/m0/s1. The van der Waals surface area contributed by atoms with E-state index >= 15 is 0 Å². The van der Waals surface area contributed by atoms with Crippen LogP contribution in [0.2, 0.25) is 0 Å². The molecule has 0 radical (unpaired) electrons. The van der Waals surface area contributed by atoms with Crippen LogP contribution in [-0.2, 0) is 12.0 Å². The van der Waals surface area contributed by atoms with Crippen LogP contribution < -0.4 is 5.73 Å². The van der Waals surface area contributed by atoms with Gasteiger partial charge in [-0.25, -0.2) is 22.5 Å². The quantitative estimate of drug-likeness (QED) is 0.604. The highest BCUT2D eigenvalue weighted by Crippen LogP contribution is 2.50. The summed E-state index contributed by atoms with van der Waals surface area (Å²) in [7, 11) is 0. The van der Waals surface area contributed by atoms with E-state index < -0.39 is 46.6 Å². The van der Waals surface area contributed by atoms with E-state index in [9.17, 15) is 22.4 Å². The Labute approximate surface area is 165 Å². The number of aliphatic imine (C=N–C) groups is 1. The van der Waals surface area contributed by atoms with Crippen molar-refractivity contribution in [3.8, 4) is 0 Å². The van der Waals surface area contributed by atoms with Crippen molar-refractivity contribution in [2.24, 2.45) is 10.7 Å². The number of hydrogen-bond donors (Lipinski definition) is 1. The van der Waals surface area contributed by atoms with E-state index in [-0.39, 0.29) is 17.7 Å². The van der Waals surface area contributed by atoms with Gasteiger partial charge in [-0.05, 0) is 38.5 Å². The van der Waals surface area contributed by atoms with Gasteiger partial charge >= 0.3 is 0 Å². The Kier molecular flexibility index (Phi) is 4.83. The number of carbonyl (C=O) groups is 1. The molecule has 2 atom stereocenters. The van der Waals surface area contributed by atoms with Gasteiger partial charge in [0.25, 0.3) is 5.92 Å². The van der Waals surface area contributed by atoms with Crippen molar-refractivity contribution >= 4 is 11.6 Å². The number of nitrogens with two attached hydrogens (primary N) is 1. The van der Waals surface area contributed by atoms with Gasteiger partial charge in [-0.1, -0.05) is 6.07 Å². The summed E-state index contributed by atoms with van der Waals surface area (Å²) in [6, 6.07) is 3.44. The highest BCUT2D eigenvalue weighted by atomic mass is 19.3. The minimum atomic E-state index is -3.71. The zero-order valence-corrected chi connectivity index (χ0v) is 16.4. The Morgan fingerprint density at radius 3 is 2.48 bits per heavy atom. The maximum absolute atomic E-state index is 14.8. The molecule has 1 aliphatic rings. The SMILES string of the molecule is Cc1nc(C(=O)Cc2ccc(F)c([C@@]3(C)N=C(N)[C@@](C)(F)CC3(F)F)c2)c(C)o1. The van der Waals surface area contributed by atoms with Crippen LogP contribution >= 0.6 is 0 Å². The number of alkyl halides is 3. The van der Waals surface area contributed by atoms with E-state index in [0.29, 0.717) is 11.7 Å². The first-order valence-electron chi connectivity index (χ1n) is 8.95. The lowest BCUT2D eigenvalue weighted by atomic mass is 9.77. The molecule has 29 heavy (non-hydrogen) atoms. The first kappa shape index (κ1) is 21.0. The van der Waals surface area contributed by atoms with Gasteiger partial charge in [-0.15, -0.1) is 0 Å². The van der Waals surface area contributed by atoms with Crippen LogP contribution in [0.3, 0.4) is 0 Å². The molecule has 0 fully saturated rings. The van der Waals surface area contributed by atoms with E-state index in [4.69, 9.17) is 10.2 Å². The van der Waals surface area contributed by atoms with Crippen LogP contribution in [0.1, 0.15) is 53.5 Å². The summed E-state index contributed by atoms with van der Waals surface area (Å²) in [5.41, 5.74) is 0.589. The topological polar surface area (TPSA) is 81.5 Å². The number of rotatable bonds is 4. The lowest BCUT2D eigenvalue weighted by Crippen LogP contribution is -2.56. The molecule has 0 unspecified atom stereocenters. The number of amidine groups is 1. The number of aromatic nitrogens is 1. The lowest BCUT2D eigenvalue weighted by molar-refractivity contribution is -0.106. The molecule has 0 amide bonds. The largest absolute Gasteiger partial charge is 0.446 e. The van der Waals surface area contributed by atoms with Crippen LogP contribution in [0.5, 0.6) is 0 Å². The van der Waals surface area contributed by atoms with E-state index in [1.54, 1.807) is 13.8 Å². The zero-order chi connectivity index (χ0) is 21.8. The Bertz CT molecular complexity index is 1010. The molecule has 2 aromatic rings. The minimum Gasteiger partial charge on any atom is -0.446 e. The smallest absolute Gasteiger partial charge is 0.280 e. The molecule has 1 aromatic carbocycles. The van der Waals surface area contributed by atoms with Crippen molar-refractivity contribution in [2.75, 3.05) is 0 Å². The first-order chi connectivity index (χ1) is 13.3. The van der Waals surface area contributed by atoms with Gasteiger partial charge in [-0.2, -0.15) is 0 Å². The molecule has 2 heterocycles. The molecule has 3 rings (SSSR count). The number of benzene rings is 1. The number of Topliss-reactive ketones (excluding diaryl/α,β-unsaturated/α-hetero) is 1. The van der Waals surface area contributed by atoms with Gasteiger partial charge in [-0.3, -0.25) is 9.79 Å². The summed E-state index contributed by atoms with van der Waals surface area (Å²) in [6.07, 6.45) is -1.44. The van der Waals surface area contributed by atoms with Crippen LogP contribution in [0.4, 0.5) is 17.6 Å².